The molecule has 0 aromatic rings. The largest absolute Gasteiger partial charge is 0.368 e. The van der Waals surface area contributed by atoms with Crippen LogP contribution in [0.4, 0.5) is 0 Å². The van der Waals surface area contributed by atoms with Crippen LogP contribution in [-0.2, 0) is 24.0 Å². The molecule has 0 rings (SSSR count). The first-order valence-corrected chi connectivity index (χ1v) is 22.4. The van der Waals surface area contributed by atoms with Gasteiger partial charge in [-0.15, -0.1) is 0 Å². The molecule has 59 heavy (non-hydrogen) atoms. The van der Waals surface area contributed by atoms with Gasteiger partial charge >= 0.3 is 0 Å². The number of nitrogens with two attached hydrogens (primary N) is 1. The molecule has 4 unspecified atom stereocenters. The van der Waals surface area contributed by atoms with Crippen molar-refractivity contribution in [1.29, 1.82) is 0 Å². The van der Waals surface area contributed by atoms with E-state index in [9.17, 15) is 24.0 Å². The van der Waals surface area contributed by atoms with Crippen LogP contribution in [0.5, 0.6) is 0 Å². The highest BCUT2D eigenvalue weighted by Crippen LogP contribution is 2.15. The third-order valence-corrected chi connectivity index (χ3v) is 9.40. The van der Waals surface area contributed by atoms with Gasteiger partial charge in [0.2, 0.25) is 29.5 Å². The van der Waals surface area contributed by atoms with Crippen LogP contribution >= 0.6 is 0 Å². The molecule has 14 heteroatoms. The van der Waals surface area contributed by atoms with Crippen molar-refractivity contribution in [3.63, 3.8) is 0 Å². The zero-order valence-corrected chi connectivity index (χ0v) is 40.2. The Hall–Kier alpha value is -2.81. The van der Waals surface area contributed by atoms with Gasteiger partial charge in [-0.2, -0.15) is 0 Å². The molecular weight excluding hydrogens is 747 g/mol. The number of nitrogens with one attached hydrogen (secondary N) is 8. The molecule has 0 heterocycles. The van der Waals surface area contributed by atoms with Crippen molar-refractivity contribution < 1.29 is 24.0 Å². The summed E-state index contributed by atoms with van der Waals surface area (Å²) in [6.45, 7) is 32.9. The second-order valence-electron chi connectivity index (χ2n) is 21.6. The van der Waals surface area contributed by atoms with E-state index in [0.29, 0.717) is 58.0 Å². The molecule has 0 spiro atoms. The molecule has 0 aromatic carbocycles. The fourth-order valence-electron chi connectivity index (χ4n) is 6.27. The second-order valence-corrected chi connectivity index (χ2v) is 21.6. The molecule has 0 saturated heterocycles. The van der Waals surface area contributed by atoms with Gasteiger partial charge in [0.15, 0.2) is 0 Å². The van der Waals surface area contributed by atoms with E-state index in [1.807, 2.05) is 20.8 Å². The highest BCUT2D eigenvalue weighted by Gasteiger charge is 2.29. The van der Waals surface area contributed by atoms with Gasteiger partial charge in [-0.05, 0) is 160 Å². The fourth-order valence-corrected chi connectivity index (χ4v) is 6.27. The van der Waals surface area contributed by atoms with Gasteiger partial charge in [0.25, 0.3) is 0 Å². The van der Waals surface area contributed by atoms with Crippen molar-refractivity contribution in [2.24, 2.45) is 11.1 Å². The first-order chi connectivity index (χ1) is 26.9. The molecule has 0 bridgehead atoms. The number of rotatable bonds is 28. The summed E-state index contributed by atoms with van der Waals surface area (Å²) in [5.74, 6) is -1.38. The van der Waals surface area contributed by atoms with Crippen LogP contribution in [-0.4, -0.2) is 102 Å². The summed E-state index contributed by atoms with van der Waals surface area (Å²) in [7, 11) is 0. The summed E-state index contributed by atoms with van der Waals surface area (Å²) < 4.78 is 0. The molecule has 4 atom stereocenters. The Morgan fingerprint density at radius 3 is 1.10 bits per heavy atom. The average molecular weight is 838 g/mol. The van der Waals surface area contributed by atoms with Crippen LogP contribution in [0.2, 0.25) is 0 Å². The zero-order valence-electron chi connectivity index (χ0n) is 40.2. The summed E-state index contributed by atoms with van der Waals surface area (Å²) in [5.41, 5.74) is 4.44. The minimum Gasteiger partial charge on any atom is -0.368 e. The van der Waals surface area contributed by atoms with Gasteiger partial charge in [-0.1, -0.05) is 33.6 Å². The maximum absolute atomic E-state index is 13.9. The first kappa shape index (κ1) is 56.2. The SMILES string of the molecule is CC(C)(C)NCCCCC(NC(C)(C)C)C(=O)NCCCCC(NC(=O)C(CCCCNC(C)(C)C)NC(C)(C)C)C(=O)NCCCCC(NC(=O)C(C)(C)C)C(N)=O. The highest BCUT2D eigenvalue weighted by atomic mass is 16.2. The van der Waals surface area contributed by atoms with Crippen molar-refractivity contribution in [2.45, 2.75) is 227 Å². The number of amides is 5. The fraction of sp³-hybridized carbons (Fsp3) is 0.889. The number of hydrogen-bond acceptors (Lipinski definition) is 9. The van der Waals surface area contributed by atoms with Crippen LogP contribution in [0.3, 0.4) is 0 Å². The molecule has 0 fully saturated rings. The lowest BCUT2D eigenvalue weighted by atomic mass is 9.94. The van der Waals surface area contributed by atoms with Gasteiger partial charge in [0, 0.05) is 40.7 Å². The Balaban J connectivity index is 5.62. The minimum absolute atomic E-state index is 0.0181. The number of carbonyl (C=O) groups is 5. The molecule has 0 aromatic heterocycles. The van der Waals surface area contributed by atoms with Crippen molar-refractivity contribution >= 4 is 29.5 Å². The Morgan fingerprint density at radius 2 is 0.746 bits per heavy atom. The highest BCUT2D eigenvalue weighted by molar-refractivity contribution is 5.90. The van der Waals surface area contributed by atoms with E-state index in [1.54, 1.807) is 20.8 Å². The predicted molar refractivity (Wildman–Crippen MR) is 243 cm³/mol. The normalized spacial score (nSPS) is 14.8. The molecule has 14 nitrogen and oxygen atoms in total. The van der Waals surface area contributed by atoms with Crippen molar-refractivity contribution in [2.75, 3.05) is 26.2 Å². The topological polar surface area (TPSA) is 208 Å². The summed E-state index contributed by atoms with van der Waals surface area (Å²) in [6.07, 6.45) is 8.11. The Labute approximate surface area is 359 Å². The molecule has 346 valence electrons. The van der Waals surface area contributed by atoms with Crippen LogP contribution in [0.1, 0.15) is 181 Å². The average Bonchev–Trinajstić information content (AvgIpc) is 3.06. The van der Waals surface area contributed by atoms with Gasteiger partial charge in [-0.3, -0.25) is 24.0 Å². The van der Waals surface area contributed by atoms with Gasteiger partial charge in [0.1, 0.15) is 12.1 Å². The minimum atomic E-state index is -0.795. The predicted octanol–water partition coefficient (Wildman–Crippen LogP) is 4.69. The molecule has 5 amide bonds. The van der Waals surface area contributed by atoms with E-state index in [2.05, 4.69) is 105 Å². The maximum atomic E-state index is 13.9. The second kappa shape index (κ2) is 26.5. The molecule has 0 saturated carbocycles. The standard InChI is InChI=1S/C45H91N9O5/c1-41(2,3)40(59)52-32(36(46)55)24-16-20-28-47-37(56)33(51-39(58)35(54-45(13,14)15)27-19-23-31-50-43(7,8)9)25-17-21-29-48-38(57)34(53-44(10,11)12)26-18-22-30-49-42(4,5)6/h32-35,49-50,53-54H,16-31H2,1-15H3,(H2,46,55)(H,47,56)(H,48,57)(H,51,58)(H,52,59). The third-order valence-electron chi connectivity index (χ3n) is 9.40. The molecule has 10 N–H and O–H groups in total. The van der Waals surface area contributed by atoms with Gasteiger partial charge < -0.3 is 48.3 Å². The van der Waals surface area contributed by atoms with Gasteiger partial charge in [-0.25, -0.2) is 0 Å². The van der Waals surface area contributed by atoms with E-state index in [0.717, 1.165) is 45.2 Å². The number of primary amides is 1. The lowest BCUT2D eigenvalue weighted by Gasteiger charge is -2.30. The van der Waals surface area contributed by atoms with E-state index >= 15 is 0 Å². The summed E-state index contributed by atoms with van der Waals surface area (Å²) >= 11 is 0. The van der Waals surface area contributed by atoms with Crippen LogP contribution in [0.25, 0.3) is 0 Å². The Morgan fingerprint density at radius 1 is 0.407 bits per heavy atom. The third kappa shape index (κ3) is 30.8. The summed E-state index contributed by atoms with van der Waals surface area (Å²) in [6, 6.07) is -2.36. The quantitative estimate of drug-likeness (QED) is 0.0501. The lowest BCUT2D eigenvalue weighted by molar-refractivity contribution is -0.132. The van der Waals surface area contributed by atoms with E-state index < -0.39 is 29.4 Å². The smallest absolute Gasteiger partial charge is 0.242 e. The number of unbranched alkanes of at least 4 members (excludes halogenated alkanes) is 4. The summed E-state index contributed by atoms with van der Waals surface area (Å²) in [5, 5.41) is 25.8. The van der Waals surface area contributed by atoms with Gasteiger partial charge in [0.05, 0.1) is 12.1 Å². The number of hydrogen-bond donors (Lipinski definition) is 9. The maximum Gasteiger partial charge on any atom is 0.242 e. The Bertz CT molecular complexity index is 1260. The molecule has 0 radical (unpaired) electrons. The lowest BCUT2D eigenvalue weighted by Crippen LogP contribution is -2.56. The van der Waals surface area contributed by atoms with Crippen molar-refractivity contribution in [3.05, 3.63) is 0 Å². The molecule has 0 aliphatic carbocycles. The molecule has 0 aliphatic rings. The molecule has 0 aliphatic heterocycles. The van der Waals surface area contributed by atoms with E-state index in [1.165, 1.54) is 0 Å². The van der Waals surface area contributed by atoms with Crippen molar-refractivity contribution in [1.82, 2.24) is 42.5 Å². The van der Waals surface area contributed by atoms with E-state index in [-0.39, 0.29) is 51.8 Å². The van der Waals surface area contributed by atoms with Crippen LogP contribution in [0, 0.1) is 5.41 Å². The first-order valence-electron chi connectivity index (χ1n) is 22.4. The zero-order chi connectivity index (χ0) is 45.7. The van der Waals surface area contributed by atoms with Crippen LogP contribution in [0.15, 0.2) is 0 Å². The monoisotopic (exact) mass is 838 g/mol. The Kier molecular flexibility index (Phi) is 25.2. The van der Waals surface area contributed by atoms with Crippen molar-refractivity contribution in [3.8, 4) is 0 Å². The summed E-state index contributed by atoms with van der Waals surface area (Å²) in [4.78, 5) is 65.3. The van der Waals surface area contributed by atoms with E-state index in [4.69, 9.17) is 5.73 Å². The van der Waals surface area contributed by atoms with Crippen LogP contribution < -0.4 is 48.3 Å². The number of carbonyl (C=O) groups excluding carboxylic acids is 5. The molecular formula is C45H91N9O5.